The molecule has 3 fully saturated rings. The predicted octanol–water partition coefficient (Wildman–Crippen LogP) is 3.00. The first-order valence-electron chi connectivity index (χ1n) is 15.0. The van der Waals surface area contributed by atoms with Crippen molar-refractivity contribution in [2.24, 2.45) is 5.92 Å². The number of methoxy groups -OCH3 is 1. The van der Waals surface area contributed by atoms with Crippen LogP contribution in [0.15, 0.2) is 42.5 Å². The highest BCUT2D eigenvalue weighted by Crippen LogP contribution is 2.60. The summed E-state index contributed by atoms with van der Waals surface area (Å²) in [5, 5.41) is 11.1. The lowest BCUT2D eigenvalue weighted by molar-refractivity contribution is -0.149. The number of aliphatic hydroxyl groups excluding tert-OH is 1. The van der Waals surface area contributed by atoms with Crippen LogP contribution in [-0.2, 0) is 24.7 Å². The molecule has 224 valence electrons. The molecule has 0 saturated carbocycles. The van der Waals surface area contributed by atoms with Gasteiger partial charge in [-0.05, 0) is 48.7 Å². The van der Waals surface area contributed by atoms with Crippen LogP contribution < -0.4 is 19.7 Å². The molecule has 2 aromatic rings. The zero-order valence-electron chi connectivity index (χ0n) is 25.1. The lowest BCUT2D eigenvalue weighted by Gasteiger charge is -2.37. The first-order valence-corrected chi connectivity index (χ1v) is 18.1. The number of nitrogens with zero attached hydrogens (tertiary/aromatic N) is 3. The van der Waals surface area contributed by atoms with E-state index in [4.69, 9.17) is 9.47 Å². The van der Waals surface area contributed by atoms with Gasteiger partial charge in [0.05, 0.1) is 46.0 Å². The Labute approximate surface area is 248 Å². The van der Waals surface area contributed by atoms with Crippen LogP contribution in [0.2, 0.25) is 18.6 Å². The number of carbonyl (C=O) groups excluding carboxylic acids is 3. The summed E-state index contributed by atoms with van der Waals surface area (Å²) >= 11 is 0. The van der Waals surface area contributed by atoms with E-state index in [0.29, 0.717) is 19.5 Å². The molecule has 10 heteroatoms. The molecule has 3 saturated heterocycles. The number of hydrogen-bond donors (Lipinski definition) is 1. The van der Waals surface area contributed by atoms with Crippen LogP contribution >= 0.6 is 0 Å². The topological polar surface area (TPSA) is 99.6 Å². The molecule has 0 aromatic heterocycles. The molecular weight excluding hydrogens is 550 g/mol. The second kappa shape index (κ2) is 10.5. The number of fused-ring (bicyclic) bond motifs is 2. The van der Waals surface area contributed by atoms with Crippen molar-refractivity contribution in [1.29, 1.82) is 0 Å². The van der Waals surface area contributed by atoms with Crippen LogP contribution in [0.5, 0.6) is 5.75 Å². The molecule has 2 aromatic carbocycles. The third kappa shape index (κ3) is 4.21. The van der Waals surface area contributed by atoms with Gasteiger partial charge in [-0.2, -0.15) is 0 Å². The summed E-state index contributed by atoms with van der Waals surface area (Å²) < 4.78 is 12.4. The Morgan fingerprint density at radius 2 is 1.88 bits per heavy atom. The fourth-order valence-corrected chi connectivity index (χ4v) is 12.0. The maximum atomic E-state index is 14.3. The van der Waals surface area contributed by atoms with Crippen LogP contribution in [0.1, 0.15) is 38.2 Å². The Balaban J connectivity index is 1.44. The molecule has 6 rings (SSSR count). The number of carbonyl (C=O) groups is 3. The molecule has 4 aliphatic rings. The minimum Gasteiger partial charge on any atom is -0.497 e. The second-order valence-electron chi connectivity index (χ2n) is 12.8. The number of ether oxygens (including phenoxy) is 2. The average molecular weight is 592 g/mol. The van der Waals surface area contributed by atoms with Crippen molar-refractivity contribution >= 4 is 42.4 Å². The summed E-state index contributed by atoms with van der Waals surface area (Å²) in [7, 11) is 1.04. The summed E-state index contributed by atoms with van der Waals surface area (Å²) in [4.78, 5) is 45.6. The minimum atomic E-state index is -2.38. The zero-order chi connectivity index (χ0) is 30.0. The summed E-state index contributed by atoms with van der Waals surface area (Å²) in [6, 6.07) is 13.7. The molecule has 0 unspecified atom stereocenters. The van der Waals surface area contributed by atoms with Crippen LogP contribution in [0.3, 0.4) is 0 Å². The normalized spacial score (nSPS) is 29.0. The van der Waals surface area contributed by atoms with Gasteiger partial charge in [0.1, 0.15) is 5.75 Å². The smallest absolute Gasteiger partial charge is 0.264 e. The third-order valence-corrected chi connectivity index (χ3v) is 14.8. The fraction of sp³-hybridized carbons (Fsp3) is 0.531. The number of likely N-dealkylation sites (tertiary alicyclic amines) is 1. The maximum Gasteiger partial charge on any atom is 0.264 e. The van der Waals surface area contributed by atoms with Gasteiger partial charge in [0.15, 0.2) is 5.60 Å². The molecule has 4 heterocycles. The van der Waals surface area contributed by atoms with Crippen molar-refractivity contribution in [3.63, 3.8) is 0 Å². The average Bonchev–Trinajstić information content (AvgIpc) is 3.63. The molecule has 1 N–H and O–H groups in total. The van der Waals surface area contributed by atoms with Crippen molar-refractivity contribution in [3.05, 3.63) is 48.0 Å². The van der Waals surface area contributed by atoms with Crippen molar-refractivity contribution < 1.29 is 29.0 Å². The van der Waals surface area contributed by atoms with Gasteiger partial charge in [-0.1, -0.05) is 37.3 Å². The fourth-order valence-electron chi connectivity index (χ4n) is 8.01. The van der Waals surface area contributed by atoms with E-state index in [1.54, 1.807) is 28.9 Å². The first-order chi connectivity index (χ1) is 20.0. The molecule has 0 radical (unpaired) electrons. The predicted molar refractivity (Wildman–Crippen MR) is 163 cm³/mol. The SMILES string of the molecule is COc1ccc([Si](C)(C)[C@@H]2[C@@H](CC(=O)N3CCC[C@H]3CO)O[C@]3(C(=O)N(C)c4ccc(N5CCC5=O)cc43)[C@H]2C)cc1. The molecule has 5 atom stereocenters. The molecule has 42 heavy (non-hydrogen) atoms. The van der Waals surface area contributed by atoms with E-state index in [9.17, 15) is 19.5 Å². The van der Waals surface area contributed by atoms with Gasteiger partial charge in [0, 0.05) is 43.7 Å². The molecule has 9 nitrogen and oxygen atoms in total. The van der Waals surface area contributed by atoms with E-state index in [2.05, 4.69) is 32.2 Å². The molecule has 3 amide bonds. The Morgan fingerprint density at radius 3 is 2.50 bits per heavy atom. The Bertz CT molecular complexity index is 1410. The molecule has 1 spiro atoms. The molecular formula is C32H41N3O6Si. The number of amides is 3. The van der Waals surface area contributed by atoms with Crippen LogP contribution in [0, 0.1) is 5.92 Å². The third-order valence-electron chi connectivity index (χ3n) is 10.4. The minimum absolute atomic E-state index is 0.0377. The van der Waals surface area contributed by atoms with Gasteiger partial charge in [-0.25, -0.2) is 0 Å². The van der Waals surface area contributed by atoms with Crippen molar-refractivity contribution in [1.82, 2.24) is 4.90 Å². The zero-order valence-corrected chi connectivity index (χ0v) is 26.1. The maximum absolute atomic E-state index is 14.3. The number of anilines is 2. The standard InChI is InChI=1S/C32H41N3O6Si/c1-20-30(42(4,5)24-11-9-23(40-3)10-12-24)27(18-29(38)34-15-6-7-22(34)19-36)41-32(20)25-17-21(35-16-14-28(35)37)8-13-26(25)33(2)31(32)39/h8-13,17,20,22,27,30,36H,6-7,14-16,18-19H2,1-5H3/t20-,22-,27+,30-,32+/m0/s1. The number of aliphatic hydroxyl groups is 1. The van der Waals surface area contributed by atoms with E-state index >= 15 is 0 Å². The summed E-state index contributed by atoms with van der Waals surface area (Å²) in [6.07, 6.45) is 1.84. The largest absolute Gasteiger partial charge is 0.497 e. The highest BCUT2D eigenvalue weighted by Gasteiger charge is 2.66. The lowest BCUT2D eigenvalue weighted by atomic mass is 9.82. The van der Waals surface area contributed by atoms with Gasteiger partial charge in [-0.15, -0.1) is 0 Å². The van der Waals surface area contributed by atoms with E-state index in [0.717, 1.165) is 35.5 Å². The van der Waals surface area contributed by atoms with E-state index in [1.807, 2.05) is 30.3 Å². The van der Waals surface area contributed by atoms with Gasteiger partial charge >= 0.3 is 0 Å². The lowest BCUT2D eigenvalue weighted by Crippen LogP contribution is -2.52. The van der Waals surface area contributed by atoms with E-state index < -0.39 is 19.8 Å². The van der Waals surface area contributed by atoms with Crippen LogP contribution in [0.4, 0.5) is 11.4 Å². The summed E-state index contributed by atoms with van der Waals surface area (Å²) in [6.45, 7) is 7.91. The van der Waals surface area contributed by atoms with Crippen molar-refractivity contribution in [2.45, 2.75) is 69.0 Å². The number of likely N-dealkylation sites (N-methyl/N-ethyl adjacent to an activating group) is 1. The van der Waals surface area contributed by atoms with Gasteiger partial charge < -0.3 is 29.3 Å². The Hall–Kier alpha value is -3.21. The summed E-state index contributed by atoms with van der Waals surface area (Å²) in [5.74, 6) is 0.446. The van der Waals surface area contributed by atoms with Gasteiger partial charge in [0.25, 0.3) is 5.91 Å². The Morgan fingerprint density at radius 1 is 1.14 bits per heavy atom. The quantitative estimate of drug-likeness (QED) is 0.393. The first kappa shape index (κ1) is 28.9. The Kier molecular flexibility index (Phi) is 7.22. The van der Waals surface area contributed by atoms with Crippen LogP contribution in [-0.4, -0.2) is 81.8 Å². The number of β-lactam (4-membered cyclic amide) rings is 1. The molecule has 4 aliphatic heterocycles. The van der Waals surface area contributed by atoms with Crippen molar-refractivity contribution in [2.75, 3.05) is 43.7 Å². The molecule has 0 aliphatic carbocycles. The second-order valence-corrected chi connectivity index (χ2v) is 17.5. The van der Waals surface area contributed by atoms with Gasteiger partial charge in [0.2, 0.25) is 11.8 Å². The molecule has 0 bridgehead atoms. The van der Waals surface area contributed by atoms with Gasteiger partial charge in [-0.3, -0.25) is 14.4 Å². The monoisotopic (exact) mass is 591 g/mol. The highest BCUT2D eigenvalue weighted by atomic mass is 28.3. The van der Waals surface area contributed by atoms with E-state index in [-0.39, 0.29) is 48.3 Å². The highest BCUT2D eigenvalue weighted by molar-refractivity contribution is 6.91. The summed E-state index contributed by atoms with van der Waals surface area (Å²) in [5.41, 5.74) is 0.991. The van der Waals surface area contributed by atoms with E-state index in [1.165, 1.54) is 5.19 Å². The number of hydrogen-bond acceptors (Lipinski definition) is 6. The number of benzene rings is 2. The van der Waals surface area contributed by atoms with Crippen LogP contribution in [0.25, 0.3) is 0 Å². The van der Waals surface area contributed by atoms with Crippen molar-refractivity contribution in [3.8, 4) is 5.75 Å². The number of rotatable bonds is 7.